The van der Waals surface area contributed by atoms with Gasteiger partial charge in [-0.2, -0.15) is 5.26 Å². The summed E-state index contributed by atoms with van der Waals surface area (Å²) in [5.41, 5.74) is 10.4. The molecule has 8 heteroatoms. The Morgan fingerprint density at radius 2 is 1.87 bits per heavy atom. The van der Waals surface area contributed by atoms with Gasteiger partial charge in [0.2, 0.25) is 0 Å². The zero-order chi connectivity index (χ0) is 10.0. The van der Waals surface area contributed by atoms with Gasteiger partial charge >= 0.3 is 0 Å². The maximum atomic E-state index is 10.4. The average Bonchev–Trinajstić information content (AvgIpc) is 2.09. The van der Waals surface area contributed by atoms with E-state index in [2.05, 4.69) is 0 Å². The van der Waals surface area contributed by atoms with Crippen molar-refractivity contribution in [3.63, 3.8) is 0 Å². The van der Waals surface area contributed by atoms with Gasteiger partial charge < -0.3 is 11.5 Å². The van der Waals surface area contributed by atoms with Gasteiger partial charge in [0.05, 0.1) is 22.2 Å². The number of benzene rings is 1. The van der Waals surface area contributed by atoms with Crippen molar-refractivity contribution in [3.05, 3.63) is 27.8 Å². The molecule has 0 radical (unpaired) electrons. The van der Waals surface area contributed by atoms with E-state index in [9.17, 15) is 10.1 Å². The Morgan fingerprint density at radius 1 is 1.33 bits per heavy atom. The molecule has 0 spiro atoms. The second-order valence-corrected chi connectivity index (χ2v) is 2.37. The maximum Gasteiger partial charge on any atom is 0.295 e. The zero-order valence-corrected chi connectivity index (χ0v) is 8.97. The molecular formula is C7H8Cl2N4O2. The summed E-state index contributed by atoms with van der Waals surface area (Å²) < 4.78 is 0. The van der Waals surface area contributed by atoms with Gasteiger partial charge in [-0.25, -0.2) is 0 Å². The summed E-state index contributed by atoms with van der Waals surface area (Å²) in [7, 11) is 0. The predicted octanol–water partition coefficient (Wildman–Crippen LogP) is 1.47. The van der Waals surface area contributed by atoms with Crippen molar-refractivity contribution in [2.24, 2.45) is 0 Å². The van der Waals surface area contributed by atoms with Gasteiger partial charge in [0.1, 0.15) is 5.69 Å². The Balaban J connectivity index is 0. The van der Waals surface area contributed by atoms with E-state index in [1.165, 1.54) is 6.07 Å². The van der Waals surface area contributed by atoms with Gasteiger partial charge in [0.15, 0.2) is 0 Å². The molecule has 0 aliphatic heterocycles. The van der Waals surface area contributed by atoms with Crippen LogP contribution >= 0.6 is 24.8 Å². The third-order valence-corrected chi connectivity index (χ3v) is 1.52. The Kier molecular flexibility index (Phi) is 6.20. The smallest absolute Gasteiger partial charge is 0.295 e. The van der Waals surface area contributed by atoms with Crippen molar-refractivity contribution in [1.82, 2.24) is 0 Å². The molecule has 6 nitrogen and oxygen atoms in total. The summed E-state index contributed by atoms with van der Waals surface area (Å²) in [6, 6.07) is 4.13. The van der Waals surface area contributed by atoms with Crippen LogP contribution in [-0.4, -0.2) is 4.92 Å². The van der Waals surface area contributed by atoms with Crippen molar-refractivity contribution in [2.45, 2.75) is 0 Å². The first-order chi connectivity index (χ1) is 6.06. The number of nitrogens with two attached hydrogens (primary N) is 2. The van der Waals surface area contributed by atoms with Gasteiger partial charge in [-0.15, -0.1) is 24.8 Å². The lowest BCUT2D eigenvalue weighted by atomic mass is 10.1. The zero-order valence-electron chi connectivity index (χ0n) is 7.34. The molecule has 0 atom stereocenters. The predicted molar refractivity (Wildman–Crippen MR) is 61.1 cm³/mol. The summed E-state index contributed by atoms with van der Waals surface area (Å²) in [5, 5.41) is 18.9. The summed E-state index contributed by atoms with van der Waals surface area (Å²) in [5.74, 6) is 0. The number of nitrogens with zero attached hydrogens (tertiary/aromatic N) is 2. The first-order valence-corrected chi connectivity index (χ1v) is 3.29. The van der Waals surface area contributed by atoms with Crippen LogP contribution in [0.2, 0.25) is 0 Å². The topological polar surface area (TPSA) is 119 Å². The molecule has 0 unspecified atom stereocenters. The third kappa shape index (κ3) is 3.16. The largest absolute Gasteiger partial charge is 0.397 e. The quantitative estimate of drug-likeness (QED) is 0.445. The molecule has 0 fully saturated rings. The highest BCUT2D eigenvalue weighted by Crippen LogP contribution is 2.28. The van der Waals surface area contributed by atoms with Gasteiger partial charge in [0.25, 0.3) is 5.69 Å². The minimum atomic E-state index is -0.674. The van der Waals surface area contributed by atoms with Gasteiger partial charge in [-0.3, -0.25) is 10.1 Å². The molecule has 1 aromatic carbocycles. The molecule has 0 aromatic heterocycles. The number of nitro benzene ring substituents is 1. The van der Waals surface area contributed by atoms with Crippen LogP contribution in [0.4, 0.5) is 17.1 Å². The summed E-state index contributed by atoms with van der Waals surface area (Å²) in [6.07, 6.45) is 0. The van der Waals surface area contributed by atoms with Crippen LogP contribution in [0.1, 0.15) is 5.56 Å². The van der Waals surface area contributed by atoms with Crippen LogP contribution in [-0.2, 0) is 0 Å². The molecular weight excluding hydrogens is 243 g/mol. The van der Waals surface area contributed by atoms with E-state index in [1.807, 2.05) is 0 Å². The Morgan fingerprint density at radius 3 is 2.27 bits per heavy atom. The number of hydrogen-bond donors (Lipinski definition) is 2. The highest BCUT2D eigenvalue weighted by atomic mass is 35.5. The number of nitrogen functional groups attached to an aromatic ring is 2. The Bertz CT molecular complexity index is 416. The van der Waals surface area contributed by atoms with Gasteiger partial charge in [-0.1, -0.05) is 0 Å². The minimum Gasteiger partial charge on any atom is -0.397 e. The van der Waals surface area contributed by atoms with Crippen LogP contribution in [0.25, 0.3) is 0 Å². The second-order valence-electron chi connectivity index (χ2n) is 2.37. The number of hydrogen-bond acceptors (Lipinski definition) is 5. The van der Waals surface area contributed by atoms with Crippen LogP contribution in [0, 0.1) is 21.4 Å². The van der Waals surface area contributed by atoms with Crippen molar-refractivity contribution >= 4 is 41.9 Å². The van der Waals surface area contributed by atoms with Gasteiger partial charge in [-0.05, 0) is 6.07 Å². The standard InChI is InChI=1S/C7H6N4O2.2ClH/c8-3-4-1-5(9)7(10)6(2-4)11(12)13;;/h1-2H,9-10H2;2*1H. The number of rotatable bonds is 1. The van der Waals surface area contributed by atoms with E-state index in [0.717, 1.165) is 6.07 Å². The maximum absolute atomic E-state index is 10.4. The fourth-order valence-electron chi connectivity index (χ4n) is 0.875. The number of anilines is 2. The molecule has 0 amide bonds. The number of halogens is 2. The normalized spacial score (nSPS) is 7.93. The lowest BCUT2D eigenvalue weighted by Crippen LogP contribution is -2.01. The fourth-order valence-corrected chi connectivity index (χ4v) is 0.875. The molecule has 1 aromatic rings. The van der Waals surface area contributed by atoms with Crippen LogP contribution < -0.4 is 11.5 Å². The highest BCUT2D eigenvalue weighted by Gasteiger charge is 2.15. The first kappa shape index (κ1) is 15.7. The van der Waals surface area contributed by atoms with E-state index in [-0.39, 0.29) is 47.4 Å². The molecule has 0 heterocycles. The second kappa shape index (κ2) is 5.90. The number of nitro groups is 1. The highest BCUT2D eigenvalue weighted by molar-refractivity contribution is 5.85. The van der Waals surface area contributed by atoms with E-state index in [0.29, 0.717) is 0 Å². The molecule has 1 rings (SSSR count). The van der Waals surface area contributed by atoms with E-state index >= 15 is 0 Å². The summed E-state index contributed by atoms with van der Waals surface area (Å²) in [4.78, 5) is 9.73. The van der Waals surface area contributed by atoms with Crippen molar-refractivity contribution < 1.29 is 4.92 Å². The van der Waals surface area contributed by atoms with Crippen LogP contribution in [0.5, 0.6) is 0 Å². The molecule has 4 N–H and O–H groups in total. The molecule has 15 heavy (non-hydrogen) atoms. The van der Waals surface area contributed by atoms with Crippen molar-refractivity contribution in [2.75, 3.05) is 11.5 Å². The first-order valence-electron chi connectivity index (χ1n) is 3.29. The van der Waals surface area contributed by atoms with E-state index in [1.54, 1.807) is 6.07 Å². The van der Waals surface area contributed by atoms with Crippen LogP contribution in [0.15, 0.2) is 12.1 Å². The SMILES string of the molecule is Cl.Cl.N#Cc1cc(N)c(N)c([N+](=O)[O-])c1. The summed E-state index contributed by atoms with van der Waals surface area (Å²) in [6.45, 7) is 0. The molecule has 0 aliphatic rings. The lowest BCUT2D eigenvalue weighted by molar-refractivity contribution is -0.383. The molecule has 0 saturated carbocycles. The van der Waals surface area contributed by atoms with E-state index in [4.69, 9.17) is 16.7 Å². The third-order valence-electron chi connectivity index (χ3n) is 1.52. The fraction of sp³-hybridized carbons (Fsp3) is 0. The number of nitriles is 1. The van der Waals surface area contributed by atoms with Crippen LogP contribution in [0.3, 0.4) is 0 Å². The van der Waals surface area contributed by atoms with Crippen molar-refractivity contribution in [1.29, 1.82) is 5.26 Å². The Labute approximate surface area is 97.8 Å². The minimum absolute atomic E-state index is 0. The van der Waals surface area contributed by atoms with Gasteiger partial charge in [0, 0.05) is 6.07 Å². The molecule has 82 valence electrons. The summed E-state index contributed by atoms with van der Waals surface area (Å²) >= 11 is 0. The molecule has 0 bridgehead atoms. The van der Waals surface area contributed by atoms with Crippen molar-refractivity contribution in [3.8, 4) is 6.07 Å². The average molecular weight is 251 g/mol. The Hall–Kier alpha value is -1.71. The lowest BCUT2D eigenvalue weighted by Gasteiger charge is -2.00. The van der Waals surface area contributed by atoms with E-state index < -0.39 is 4.92 Å². The molecule has 0 saturated heterocycles. The monoisotopic (exact) mass is 250 g/mol. The molecule has 0 aliphatic carbocycles.